The first-order valence-corrected chi connectivity index (χ1v) is 7.36. The molecule has 4 heteroatoms. The molecule has 0 saturated heterocycles. The largest absolute Gasteiger partial charge is 0.483 e. The Bertz CT molecular complexity index is 596. The van der Waals surface area contributed by atoms with Crippen LogP contribution in [0.25, 0.3) is 0 Å². The fourth-order valence-corrected chi connectivity index (χ4v) is 2.98. The first-order valence-electron chi connectivity index (χ1n) is 6.54. The van der Waals surface area contributed by atoms with Crippen LogP contribution in [0.3, 0.4) is 0 Å². The normalized spacial score (nSPS) is 13.5. The van der Waals surface area contributed by atoms with Crippen LogP contribution in [0, 0.1) is 18.3 Å². The second-order valence-corrected chi connectivity index (χ2v) is 6.14. The quantitative estimate of drug-likeness (QED) is 0.913. The van der Waals surface area contributed by atoms with Crippen LogP contribution >= 0.6 is 11.3 Å². The first-order chi connectivity index (χ1) is 9.60. The molecule has 2 atom stereocenters. The van der Waals surface area contributed by atoms with Crippen LogP contribution in [0.4, 0.5) is 0 Å². The van der Waals surface area contributed by atoms with Gasteiger partial charge in [0, 0.05) is 15.8 Å². The highest BCUT2D eigenvalue weighted by Gasteiger charge is 2.19. The van der Waals surface area contributed by atoms with Crippen molar-refractivity contribution >= 4 is 11.3 Å². The van der Waals surface area contributed by atoms with Gasteiger partial charge in [0.05, 0.1) is 12.5 Å². The van der Waals surface area contributed by atoms with Gasteiger partial charge in [0.2, 0.25) is 0 Å². The molecule has 0 amide bonds. The van der Waals surface area contributed by atoms with E-state index in [0.29, 0.717) is 6.42 Å². The number of hydrogen-bond acceptors (Lipinski definition) is 4. The average Bonchev–Trinajstić information content (AvgIpc) is 2.84. The molecule has 0 aliphatic rings. The number of ether oxygens (including phenoxy) is 1. The van der Waals surface area contributed by atoms with Gasteiger partial charge in [0.1, 0.15) is 11.9 Å². The second-order valence-electron chi connectivity index (χ2n) is 4.82. The molecule has 20 heavy (non-hydrogen) atoms. The van der Waals surface area contributed by atoms with Crippen LogP contribution in [0.5, 0.6) is 5.75 Å². The molecule has 0 bridgehead atoms. The van der Waals surface area contributed by atoms with Crippen LogP contribution in [0.2, 0.25) is 0 Å². The summed E-state index contributed by atoms with van der Waals surface area (Å²) < 4.78 is 6.01. The van der Waals surface area contributed by atoms with E-state index >= 15 is 0 Å². The van der Waals surface area contributed by atoms with E-state index in [1.807, 2.05) is 31.2 Å². The van der Waals surface area contributed by atoms with E-state index in [0.717, 1.165) is 16.2 Å². The third-order valence-electron chi connectivity index (χ3n) is 2.99. The summed E-state index contributed by atoms with van der Waals surface area (Å²) in [7, 11) is 0. The van der Waals surface area contributed by atoms with E-state index in [4.69, 9.17) is 15.7 Å². The van der Waals surface area contributed by atoms with Crippen LogP contribution in [0.1, 0.15) is 28.3 Å². The number of benzene rings is 1. The van der Waals surface area contributed by atoms with Crippen LogP contribution in [0.15, 0.2) is 36.4 Å². The highest BCUT2D eigenvalue weighted by atomic mass is 32.1. The van der Waals surface area contributed by atoms with Gasteiger partial charge in [-0.25, -0.2) is 0 Å². The van der Waals surface area contributed by atoms with E-state index in [1.54, 1.807) is 11.3 Å². The van der Waals surface area contributed by atoms with Gasteiger partial charge in [-0.05, 0) is 43.7 Å². The maximum atomic E-state index is 8.66. The van der Waals surface area contributed by atoms with Gasteiger partial charge < -0.3 is 10.5 Å². The number of nitriles is 1. The maximum absolute atomic E-state index is 8.66. The predicted octanol–water partition coefficient (Wildman–Crippen LogP) is 3.59. The minimum atomic E-state index is -0.143. The summed E-state index contributed by atoms with van der Waals surface area (Å²) in [6, 6.07) is 13.8. The zero-order valence-electron chi connectivity index (χ0n) is 11.7. The monoisotopic (exact) mass is 286 g/mol. The molecule has 0 aliphatic carbocycles. The van der Waals surface area contributed by atoms with Crippen molar-refractivity contribution in [1.29, 1.82) is 5.26 Å². The molecule has 0 radical (unpaired) electrons. The van der Waals surface area contributed by atoms with Crippen molar-refractivity contribution in [3.05, 3.63) is 51.7 Å². The molecule has 2 unspecified atom stereocenters. The molecular weight excluding hydrogens is 268 g/mol. The van der Waals surface area contributed by atoms with Crippen molar-refractivity contribution in [2.45, 2.75) is 32.4 Å². The topological polar surface area (TPSA) is 59.0 Å². The van der Waals surface area contributed by atoms with Gasteiger partial charge in [-0.1, -0.05) is 12.1 Å². The van der Waals surface area contributed by atoms with Crippen LogP contribution in [-0.2, 0) is 6.42 Å². The van der Waals surface area contributed by atoms with Crippen molar-refractivity contribution in [1.82, 2.24) is 0 Å². The number of aryl methyl sites for hydroxylation is 1. The lowest BCUT2D eigenvalue weighted by Crippen LogP contribution is -2.28. The molecule has 2 rings (SSSR count). The smallest absolute Gasteiger partial charge is 0.148 e. The van der Waals surface area contributed by atoms with E-state index in [-0.39, 0.29) is 12.1 Å². The molecule has 2 aromatic rings. The molecule has 0 spiro atoms. The lowest BCUT2D eigenvalue weighted by Gasteiger charge is -2.21. The number of nitrogens with zero attached hydrogens (tertiary/aromatic N) is 1. The van der Waals surface area contributed by atoms with Gasteiger partial charge in [-0.2, -0.15) is 5.26 Å². The Kier molecular flexibility index (Phi) is 4.78. The fourth-order valence-electron chi connectivity index (χ4n) is 1.95. The number of rotatable bonds is 5. The van der Waals surface area contributed by atoms with Crippen molar-refractivity contribution < 1.29 is 4.74 Å². The second kappa shape index (κ2) is 6.56. The van der Waals surface area contributed by atoms with Crippen molar-refractivity contribution in [3.8, 4) is 11.8 Å². The summed E-state index contributed by atoms with van der Waals surface area (Å²) in [6.07, 6.45) is 0.275. The van der Waals surface area contributed by atoms with Crippen molar-refractivity contribution in [2.24, 2.45) is 5.73 Å². The number of thiophene rings is 1. The minimum Gasteiger partial charge on any atom is -0.483 e. The maximum Gasteiger partial charge on any atom is 0.148 e. The Hall–Kier alpha value is -1.83. The van der Waals surface area contributed by atoms with Crippen LogP contribution < -0.4 is 10.5 Å². The summed E-state index contributed by atoms with van der Waals surface area (Å²) in [6.45, 7) is 4.02. The number of nitrogens with two attached hydrogens (primary N) is 1. The van der Waals surface area contributed by atoms with Gasteiger partial charge in [-0.15, -0.1) is 11.3 Å². The SMILES string of the molecule is Cc1ccc(C(Oc2ccc(CC#N)cc2)C(C)N)s1. The number of hydrogen-bond donors (Lipinski definition) is 1. The Morgan fingerprint density at radius 1 is 1.25 bits per heavy atom. The standard InChI is InChI=1S/C16H18N2OS/c1-11-3-8-15(20-11)16(12(2)18)19-14-6-4-13(5-7-14)9-10-17/h3-8,12,16H,9,18H2,1-2H3. The molecule has 104 valence electrons. The summed E-state index contributed by atoms with van der Waals surface area (Å²) >= 11 is 1.71. The van der Waals surface area contributed by atoms with E-state index in [1.165, 1.54) is 4.88 Å². The van der Waals surface area contributed by atoms with E-state index in [9.17, 15) is 0 Å². The molecule has 3 nitrogen and oxygen atoms in total. The summed E-state index contributed by atoms with van der Waals surface area (Å²) in [5, 5.41) is 8.66. The summed E-state index contributed by atoms with van der Waals surface area (Å²) in [5.41, 5.74) is 7.03. The summed E-state index contributed by atoms with van der Waals surface area (Å²) in [4.78, 5) is 2.39. The van der Waals surface area contributed by atoms with Gasteiger partial charge in [0.15, 0.2) is 0 Å². The Labute approximate surface area is 123 Å². The van der Waals surface area contributed by atoms with E-state index in [2.05, 4.69) is 25.1 Å². The molecule has 2 N–H and O–H groups in total. The zero-order valence-corrected chi connectivity index (χ0v) is 12.5. The Morgan fingerprint density at radius 3 is 2.45 bits per heavy atom. The zero-order chi connectivity index (χ0) is 14.5. The first kappa shape index (κ1) is 14.6. The fraction of sp³-hybridized carbons (Fsp3) is 0.312. The van der Waals surface area contributed by atoms with Crippen molar-refractivity contribution in [2.75, 3.05) is 0 Å². The van der Waals surface area contributed by atoms with Gasteiger partial charge in [-0.3, -0.25) is 0 Å². The third-order valence-corrected chi connectivity index (χ3v) is 4.05. The Morgan fingerprint density at radius 2 is 1.95 bits per heavy atom. The molecule has 0 fully saturated rings. The lowest BCUT2D eigenvalue weighted by molar-refractivity contribution is 0.184. The van der Waals surface area contributed by atoms with Gasteiger partial charge in [0.25, 0.3) is 0 Å². The predicted molar refractivity (Wildman–Crippen MR) is 81.8 cm³/mol. The molecule has 1 heterocycles. The van der Waals surface area contributed by atoms with Crippen molar-refractivity contribution in [3.63, 3.8) is 0 Å². The molecule has 0 saturated carbocycles. The van der Waals surface area contributed by atoms with Crippen LogP contribution in [-0.4, -0.2) is 6.04 Å². The summed E-state index contributed by atoms with van der Waals surface area (Å²) in [5.74, 6) is 0.778. The molecule has 1 aromatic carbocycles. The van der Waals surface area contributed by atoms with E-state index < -0.39 is 0 Å². The minimum absolute atomic E-state index is 0.0909. The third kappa shape index (κ3) is 3.60. The molecule has 1 aromatic heterocycles. The highest BCUT2D eigenvalue weighted by Crippen LogP contribution is 2.29. The molecule has 0 aliphatic heterocycles. The highest BCUT2D eigenvalue weighted by molar-refractivity contribution is 7.12. The molecular formula is C16H18N2OS. The Balaban J connectivity index is 2.14. The lowest BCUT2D eigenvalue weighted by atomic mass is 10.1. The van der Waals surface area contributed by atoms with Gasteiger partial charge >= 0.3 is 0 Å². The average molecular weight is 286 g/mol.